The van der Waals surface area contributed by atoms with E-state index in [9.17, 15) is 17.6 Å². The van der Waals surface area contributed by atoms with Gasteiger partial charge >= 0.3 is 6.18 Å². The summed E-state index contributed by atoms with van der Waals surface area (Å²) in [7, 11) is 0. The van der Waals surface area contributed by atoms with E-state index in [4.69, 9.17) is 10.5 Å². The number of hydrogen-bond acceptors (Lipinski definition) is 3. The standard InChI is InChI=1S/C14H15F4IN2O/c1-7-3-10(15)9(4-11(7)19)13(2)5-8(6-14(16,17)18)22-12(20)21-13/h3-4,8H,5-6H2,1-2H3,(H2,20,21)/t8-,13-/m0/s1. The van der Waals surface area contributed by atoms with Gasteiger partial charge in [0.15, 0.2) is 0 Å². The van der Waals surface area contributed by atoms with Gasteiger partial charge in [-0.2, -0.15) is 13.2 Å². The van der Waals surface area contributed by atoms with Crippen LogP contribution in [0.2, 0.25) is 0 Å². The van der Waals surface area contributed by atoms with Crippen LogP contribution in [-0.2, 0) is 10.3 Å². The third kappa shape index (κ3) is 3.82. The number of amidine groups is 1. The minimum absolute atomic E-state index is 0.0940. The largest absolute Gasteiger partial charge is 0.462 e. The van der Waals surface area contributed by atoms with Gasteiger partial charge in [-0.1, -0.05) is 0 Å². The first-order valence-electron chi connectivity index (χ1n) is 6.55. The van der Waals surface area contributed by atoms with Gasteiger partial charge in [-0.15, -0.1) is 0 Å². The molecule has 0 radical (unpaired) electrons. The molecule has 0 saturated heterocycles. The molecular weight excluding hydrogens is 415 g/mol. The predicted octanol–water partition coefficient (Wildman–Crippen LogP) is 4.01. The molecule has 0 amide bonds. The van der Waals surface area contributed by atoms with E-state index in [1.54, 1.807) is 19.9 Å². The topological polar surface area (TPSA) is 47.6 Å². The second-order valence-corrected chi connectivity index (χ2v) is 6.73. The Labute approximate surface area is 139 Å². The zero-order valence-electron chi connectivity index (χ0n) is 12.0. The zero-order valence-corrected chi connectivity index (χ0v) is 14.1. The Balaban J connectivity index is 2.40. The lowest BCUT2D eigenvalue weighted by molar-refractivity contribution is -0.155. The summed E-state index contributed by atoms with van der Waals surface area (Å²) in [5.41, 5.74) is 5.30. The molecule has 2 atom stereocenters. The highest BCUT2D eigenvalue weighted by molar-refractivity contribution is 14.1. The van der Waals surface area contributed by atoms with E-state index in [-0.39, 0.29) is 18.0 Å². The lowest BCUT2D eigenvalue weighted by atomic mass is 9.84. The summed E-state index contributed by atoms with van der Waals surface area (Å²) in [5.74, 6) is -0.510. The number of halogens is 5. The third-order valence-electron chi connectivity index (χ3n) is 3.56. The van der Waals surface area contributed by atoms with E-state index in [0.29, 0.717) is 0 Å². The monoisotopic (exact) mass is 430 g/mol. The number of hydrogen-bond donors (Lipinski definition) is 1. The highest BCUT2D eigenvalue weighted by Gasteiger charge is 2.42. The molecule has 1 aromatic carbocycles. The molecule has 8 heteroatoms. The molecule has 0 fully saturated rings. The van der Waals surface area contributed by atoms with Gasteiger partial charge in [0.25, 0.3) is 6.02 Å². The van der Waals surface area contributed by atoms with Gasteiger partial charge in [0.1, 0.15) is 11.9 Å². The number of benzene rings is 1. The molecule has 122 valence electrons. The van der Waals surface area contributed by atoms with Crippen LogP contribution < -0.4 is 5.73 Å². The van der Waals surface area contributed by atoms with Crippen LogP contribution in [0.3, 0.4) is 0 Å². The van der Waals surface area contributed by atoms with E-state index in [1.807, 2.05) is 22.6 Å². The Morgan fingerprint density at radius 1 is 1.45 bits per heavy atom. The second kappa shape index (κ2) is 5.86. The second-order valence-electron chi connectivity index (χ2n) is 5.57. The molecule has 0 unspecified atom stereocenters. The first-order chi connectivity index (χ1) is 10.00. The fourth-order valence-electron chi connectivity index (χ4n) is 2.57. The molecule has 3 nitrogen and oxygen atoms in total. The molecule has 0 saturated carbocycles. The van der Waals surface area contributed by atoms with Crippen molar-refractivity contribution in [2.45, 2.75) is 44.5 Å². The Morgan fingerprint density at radius 3 is 2.68 bits per heavy atom. The van der Waals surface area contributed by atoms with Gasteiger partial charge in [-0.25, -0.2) is 9.38 Å². The first kappa shape index (κ1) is 17.3. The Kier molecular flexibility index (Phi) is 4.61. The van der Waals surface area contributed by atoms with Crippen LogP contribution in [0.4, 0.5) is 17.6 Å². The first-order valence-corrected chi connectivity index (χ1v) is 7.63. The van der Waals surface area contributed by atoms with Crippen LogP contribution in [0.25, 0.3) is 0 Å². The number of nitrogens with zero attached hydrogens (tertiary/aromatic N) is 1. The molecular formula is C14H15F4IN2O. The van der Waals surface area contributed by atoms with Crippen molar-refractivity contribution in [2.24, 2.45) is 10.7 Å². The fraction of sp³-hybridized carbons (Fsp3) is 0.500. The van der Waals surface area contributed by atoms with Gasteiger partial charge in [0.2, 0.25) is 0 Å². The highest BCUT2D eigenvalue weighted by Crippen LogP contribution is 2.39. The Hall–Kier alpha value is -1.06. The van der Waals surface area contributed by atoms with Gasteiger partial charge in [0.05, 0.1) is 12.0 Å². The van der Waals surface area contributed by atoms with Crippen LogP contribution in [0.5, 0.6) is 0 Å². The summed E-state index contributed by atoms with van der Waals surface area (Å²) < 4.78 is 57.8. The van der Waals surface area contributed by atoms with E-state index in [2.05, 4.69) is 4.99 Å². The average Bonchev–Trinajstić information content (AvgIpc) is 2.30. The number of rotatable bonds is 2. The minimum atomic E-state index is -4.39. The Morgan fingerprint density at radius 2 is 2.09 bits per heavy atom. The van der Waals surface area contributed by atoms with Crippen molar-refractivity contribution < 1.29 is 22.3 Å². The molecule has 0 aromatic heterocycles. The molecule has 22 heavy (non-hydrogen) atoms. The van der Waals surface area contributed by atoms with Crippen molar-refractivity contribution in [3.05, 3.63) is 32.6 Å². The van der Waals surface area contributed by atoms with Crippen molar-refractivity contribution in [1.29, 1.82) is 0 Å². The summed E-state index contributed by atoms with van der Waals surface area (Å²) in [6.07, 6.45) is -6.81. The van der Waals surface area contributed by atoms with Gasteiger partial charge in [-0.3, -0.25) is 0 Å². The quantitative estimate of drug-likeness (QED) is 0.570. The lowest BCUT2D eigenvalue weighted by Crippen LogP contribution is -2.41. The number of aliphatic imine (C=N–C) groups is 1. The van der Waals surface area contributed by atoms with Gasteiger partial charge in [0, 0.05) is 15.6 Å². The maximum atomic E-state index is 14.3. The third-order valence-corrected chi connectivity index (χ3v) is 4.72. The van der Waals surface area contributed by atoms with Crippen LogP contribution in [0.15, 0.2) is 17.1 Å². The van der Waals surface area contributed by atoms with Crippen LogP contribution >= 0.6 is 22.6 Å². The van der Waals surface area contributed by atoms with Crippen LogP contribution in [-0.4, -0.2) is 18.3 Å². The number of alkyl halides is 3. The van der Waals surface area contributed by atoms with E-state index in [1.165, 1.54) is 6.07 Å². The summed E-state index contributed by atoms with van der Waals surface area (Å²) >= 11 is 2.04. The van der Waals surface area contributed by atoms with E-state index >= 15 is 0 Å². The lowest BCUT2D eigenvalue weighted by Gasteiger charge is -2.35. The normalized spacial score (nSPS) is 25.6. The molecule has 1 aromatic rings. The molecule has 1 aliphatic rings. The SMILES string of the molecule is Cc1cc(F)c([C@]2(C)C[C@@H](CC(F)(F)F)OC(N)=N2)cc1I. The summed E-state index contributed by atoms with van der Waals surface area (Å²) in [5, 5.41) is 0. The number of aryl methyl sites for hydroxylation is 1. The fourth-order valence-corrected chi connectivity index (χ4v) is 3.04. The van der Waals surface area contributed by atoms with E-state index in [0.717, 1.165) is 9.13 Å². The van der Waals surface area contributed by atoms with Gasteiger partial charge in [-0.05, 0) is 54.1 Å². The van der Waals surface area contributed by atoms with Crippen LogP contribution in [0.1, 0.15) is 30.9 Å². The van der Waals surface area contributed by atoms with Crippen molar-refractivity contribution >= 4 is 28.6 Å². The molecule has 2 rings (SSSR count). The van der Waals surface area contributed by atoms with Gasteiger partial charge < -0.3 is 10.5 Å². The smallest absolute Gasteiger partial charge is 0.392 e. The number of ether oxygens (including phenoxy) is 1. The number of nitrogens with two attached hydrogens (primary N) is 1. The average molecular weight is 430 g/mol. The van der Waals surface area contributed by atoms with Crippen molar-refractivity contribution in [3.63, 3.8) is 0 Å². The Bertz CT molecular complexity index is 618. The molecule has 1 aliphatic heterocycles. The molecule has 0 bridgehead atoms. The van der Waals surface area contributed by atoms with Crippen molar-refractivity contribution in [2.75, 3.05) is 0 Å². The minimum Gasteiger partial charge on any atom is -0.462 e. The predicted molar refractivity (Wildman–Crippen MR) is 83.0 cm³/mol. The maximum absolute atomic E-state index is 14.3. The van der Waals surface area contributed by atoms with Crippen LogP contribution in [0, 0.1) is 16.3 Å². The molecule has 2 N–H and O–H groups in total. The molecule has 1 heterocycles. The summed E-state index contributed by atoms with van der Waals surface area (Å²) in [6, 6.07) is 2.60. The van der Waals surface area contributed by atoms with E-state index < -0.39 is 30.1 Å². The van der Waals surface area contributed by atoms with Crippen molar-refractivity contribution in [3.8, 4) is 0 Å². The summed E-state index contributed by atoms with van der Waals surface area (Å²) in [4.78, 5) is 4.06. The highest BCUT2D eigenvalue weighted by atomic mass is 127. The molecule has 0 aliphatic carbocycles. The maximum Gasteiger partial charge on any atom is 0.392 e. The molecule has 0 spiro atoms. The van der Waals surface area contributed by atoms with Crippen molar-refractivity contribution in [1.82, 2.24) is 0 Å². The zero-order chi connectivity index (χ0) is 16.7. The summed E-state index contributed by atoms with van der Waals surface area (Å²) in [6.45, 7) is 3.32.